The summed E-state index contributed by atoms with van der Waals surface area (Å²) in [7, 11) is 0. The number of amides is 1. The van der Waals surface area contributed by atoms with E-state index in [2.05, 4.69) is 10.5 Å². The minimum absolute atomic E-state index is 0.0355. The molecule has 0 saturated heterocycles. The average molecular weight is 279 g/mol. The van der Waals surface area contributed by atoms with Crippen molar-refractivity contribution in [3.63, 3.8) is 0 Å². The molecule has 1 amide bonds. The number of amidine groups is 1. The highest BCUT2D eigenvalue weighted by atomic mass is 19.1. The van der Waals surface area contributed by atoms with E-state index >= 15 is 0 Å². The van der Waals surface area contributed by atoms with Crippen LogP contribution in [0.2, 0.25) is 0 Å². The summed E-state index contributed by atoms with van der Waals surface area (Å²) in [5.41, 5.74) is 5.58. The predicted octanol–water partition coefficient (Wildman–Crippen LogP) is 1.75. The van der Waals surface area contributed by atoms with Gasteiger partial charge in [0, 0.05) is 6.54 Å². The number of rotatable bonds is 4. The lowest BCUT2D eigenvalue weighted by Crippen LogP contribution is -2.48. The van der Waals surface area contributed by atoms with Gasteiger partial charge in [0.15, 0.2) is 5.84 Å². The zero-order valence-corrected chi connectivity index (χ0v) is 11.1. The van der Waals surface area contributed by atoms with Crippen LogP contribution in [0.5, 0.6) is 0 Å². The molecule has 108 valence electrons. The highest BCUT2D eigenvalue weighted by molar-refractivity contribution is 6.07. The Labute approximate surface area is 116 Å². The normalized spacial score (nSPS) is 17.9. The molecule has 0 heterocycles. The van der Waals surface area contributed by atoms with Crippen LogP contribution in [0.15, 0.2) is 29.4 Å². The minimum atomic E-state index is -0.908. The molecule has 0 atom stereocenters. The van der Waals surface area contributed by atoms with Crippen LogP contribution in [-0.4, -0.2) is 17.0 Å². The highest BCUT2D eigenvalue weighted by Crippen LogP contribution is 2.38. The van der Waals surface area contributed by atoms with E-state index < -0.39 is 5.41 Å². The Balaban J connectivity index is 2.04. The van der Waals surface area contributed by atoms with Crippen LogP contribution >= 0.6 is 0 Å². The van der Waals surface area contributed by atoms with E-state index in [4.69, 9.17) is 10.9 Å². The van der Waals surface area contributed by atoms with Gasteiger partial charge in [0.2, 0.25) is 5.91 Å². The van der Waals surface area contributed by atoms with E-state index in [-0.39, 0.29) is 17.6 Å². The van der Waals surface area contributed by atoms with Crippen molar-refractivity contribution >= 4 is 11.7 Å². The molecule has 0 spiro atoms. The first-order valence-electron chi connectivity index (χ1n) is 6.59. The topological polar surface area (TPSA) is 87.7 Å². The second kappa shape index (κ2) is 5.90. The Hall–Kier alpha value is -2.11. The van der Waals surface area contributed by atoms with Crippen molar-refractivity contribution in [1.82, 2.24) is 5.32 Å². The Kier molecular flexibility index (Phi) is 4.22. The van der Waals surface area contributed by atoms with E-state index in [0.717, 1.165) is 18.4 Å². The minimum Gasteiger partial charge on any atom is -0.409 e. The third kappa shape index (κ3) is 2.74. The fourth-order valence-electron chi connectivity index (χ4n) is 2.63. The highest BCUT2D eigenvalue weighted by Gasteiger charge is 2.45. The molecule has 5 nitrogen and oxygen atoms in total. The maximum atomic E-state index is 12.8. The van der Waals surface area contributed by atoms with Gasteiger partial charge in [0.1, 0.15) is 11.2 Å². The smallest absolute Gasteiger partial charge is 0.234 e. The molecule has 4 N–H and O–H groups in total. The van der Waals surface area contributed by atoms with Gasteiger partial charge >= 0.3 is 0 Å². The average Bonchev–Trinajstić information content (AvgIpc) is 2.96. The Morgan fingerprint density at radius 1 is 1.35 bits per heavy atom. The number of benzene rings is 1. The maximum absolute atomic E-state index is 12.8. The van der Waals surface area contributed by atoms with Gasteiger partial charge in [0.05, 0.1) is 0 Å². The van der Waals surface area contributed by atoms with Gasteiger partial charge < -0.3 is 16.3 Å². The van der Waals surface area contributed by atoms with Crippen molar-refractivity contribution in [1.29, 1.82) is 0 Å². The van der Waals surface area contributed by atoms with Crippen LogP contribution in [0.1, 0.15) is 31.2 Å². The van der Waals surface area contributed by atoms with Crippen LogP contribution in [0, 0.1) is 11.2 Å². The fraction of sp³-hybridized carbons (Fsp3) is 0.429. The molecule has 0 unspecified atom stereocenters. The zero-order valence-electron chi connectivity index (χ0n) is 11.1. The molecule has 0 aromatic heterocycles. The summed E-state index contributed by atoms with van der Waals surface area (Å²) in [6, 6.07) is 5.91. The molecule has 0 aliphatic heterocycles. The van der Waals surface area contributed by atoms with Crippen LogP contribution in [0.4, 0.5) is 4.39 Å². The lowest BCUT2D eigenvalue weighted by atomic mass is 9.83. The van der Waals surface area contributed by atoms with Crippen molar-refractivity contribution < 1.29 is 14.4 Å². The van der Waals surface area contributed by atoms with Gasteiger partial charge in [-0.1, -0.05) is 30.1 Å². The lowest BCUT2D eigenvalue weighted by Gasteiger charge is -2.26. The first kappa shape index (κ1) is 14.3. The molecule has 0 radical (unpaired) electrons. The molecule has 1 saturated carbocycles. The number of carbonyl (C=O) groups is 1. The summed E-state index contributed by atoms with van der Waals surface area (Å²) in [4.78, 5) is 12.4. The number of hydrogen-bond donors (Lipinski definition) is 3. The van der Waals surface area contributed by atoms with Crippen molar-refractivity contribution in [2.24, 2.45) is 16.3 Å². The molecule has 1 aromatic rings. The summed E-state index contributed by atoms with van der Waals surface area (Å²) in [5.74, 6) is -0.592. The van der Waals surface area contributed by atoms with Crippen LogP contribution in [0.25, 0.3) is 0 Å². The first-order chi connectivity index (χ1) is 9.58. The number of hydrogen-bond acceptors (Lipinski definition) is 3. The van der Waals surface area contributed by atoms with Crippen molar-refractivity contribution in [3.8, 4) is 0 Å². The number of carbonyl (C=O) groups excluding carboxylic acids is 1. The number of nitrogens with one attached hydrogen (secondary N) is 1. The molecule has 1 aliphatic rings. The van der Waals surface area contributed by atoms with Gasteiger partial charge in [-0.15, -0.1) is 0 Å². The Morgan fingerprint density at radius 2 is 1.95 bits per heavy atom. The summed E-state index contributed by atoms with van der Waals surface area (Å²) in [6.45, 7) is 0.291. The number of oxime groups is 1. The summed E-state index contributed by atoms with van der Waals surface area (Å²) in [5, 5.41) is 14.7. The Morgan fingerprint density at radius 3 is 2.50 bits per heavy atom. The Bertz CT molecular complexity index is 508. The van der Waals surface area contributed by atoms with Crippen LogP contribution in [0.3, 0.4) is 0 Å². The largest absolute Gasteiger partial charge is 0.409 e. The molecule has 1 aromatic carbocycles. The quantitative estimate of drug-likeness (QED) is 0.339. The van der Waals surface area contributed by atoms with Crippen molar-refractivity contribution in [3.05, 3.63) is 35.6 Å². The fourth-order valence-corrected chi connectivity index (χ4v) is 2.63. The molecule has 20 heavy (non-hydrogen) atoms. The standard InChI is InChI=1S/C14H18FN3O2/c15-11-5-3-10(4-6-11)9-17-13(19)14(12(16)18-20)7-1-2-8-14/h3-6,20H,1-2,7-9H2,(H2,16,18)(H,17,19). The van der Waals surface area contributed by atoms with Crippen LogP contribution < -0.4 is 11.1 Å². The van der Waals surface area contributed by atoms with Gasteiger partial charge in [-0.05, 0) is 30.5 Å². The molecular formula is C14H18FN3O2. The zero-order chi connectivity index (χ0) is 14.6. The molecule has 0 bridgehead atoms. The summed E-state index contributed by atoms with van der Waals surface area (Å²) >= 11 is 0. The summed E-state index contributed by atoms with van der Waals surface area (Å²) in [6.07, 6.45) is 2.91. The van der Waals surface area contributed by atoms with E-state index in [1.165, 1.54) is 12.1 Å². The third-order valence-corrected chi connectivity index (χ3v) is 3.86. The van der Waals surface area contributed by atoms with Crippen LogP contribution in [-0.2, 0) is 11.3 Å². The molecular weight excluding hydrogens is 261 g/mol. The summed E-state index contributed by atoms with van der Waals surface area (Å²) < 4.78 is 12.8. The number of nitrogens with two attached hydrogens (primary N) is 1. The lowest BCUT2D eigenvalue weighted by molar-refractivity contribution is -0.127. The molecule has 6 heteroatoms. The van der Waals surface area contributed by atoms with Gasteiger partial charge in [-0.25, -0.2) is 4.39 Å². The number of nitrogens with zero attached hydrogens (tertiary/aromatic N) is 1. The second-order valence-corrected chi connectivity index (χ2v) is 5.08. The van der Waals surface area contributed by atoms with Gasteiger partial charge in [-0.3, -0.25) is 4.79 Å². The van der Waals surface area contributed by atoms with Gasteiger partial charge in [-0.2, -0.15) is 0 Å². The molecule has 2 rings (SSSR count). The monoisotopic (exact) mass is 279 g/mol. The first-order valence-corrected chi connectivity index (χ1v) is 6.59. The third-order valence-electron chi connectivity index (χ3n) is 3.86. The van der Waals surface area contributed by atoms with E-state index in [1.807, 2.05) is 0 Å². The van der Waals surface area contributed by atoms with Gasteiger partial charge in [0.25, 0.3) is 0 Å². The SMILES string of the molecule is NC(=NO)C1(C(=O)NCc2ccc(F)cc2)CCCC1. The molecule has 1 aliphatic carbocycles. The van der Waals surface area contributed by atoms with Crippen molar-refractivity contribution in [2.75, 3.05) is 0 Å². The van der Waals surface area contributed by atoms with E-state index in [0.29, 0.717) is 19.4 Å². The van der Waals surface area contributed by atoms with Crippen molar-refractivity contribution in [2.45, 2.75) is 32.2 Å². The van der Waals surface area contributed by atoms with E-state index in [1.54, 1.807) is 12.1 Å². The van der Waals surface area contributed by atoms with E-state index in [9.17, 15) is 9.18 Å². The maximum Gasteiger partial charge on any atom is 0.234 e. The predicted molar refractivity (Wildman–Crippen MR) is 72.6 cm³/mol. The number of halogens is 1. The molecule has 1 fully saturated rings. The second-order valence-electron chi connectivity index (χ2n) is 5.08.